The van der Waals surface area contributed by atoms with Gasteiger partial charge in [0.2, 0.25) is 0 Å². The minimum absolute atomic E-state index is 0.0504. The molecular formula is C24H34N6O3S. The third-order valence-corrected chi connectivity index (χ3v) is 7.63. The molecule has 2 aromatic heterocycles. The number of thiazole rings is 1. The number of hydrogen-bond acceptors (Lipinski definition) is 8. The van der Waals surface area contributed by atoms with Crippen molar-refractivity contribution in [3.05, 3.63) is 28.7 Å². The van der Waals surface area contributed by atoms with Crippen molar-refractivity contribution in [2.24, 2.45) is 5.92 Å². The highest BCUT2D eigenvalue weighted by molar-refractivity contribution is 7.13. The molecule has 0 unspecified atom stereocenters. The van der Waals surface area contributed by atoms with E-state index in [-0.39, 0.29) is 17.5 Å². The van der Waals surface area contributed by atoms with Gasteiger partial charge in [-0.1, -0.05) is 26.7 Å². The molecule has 4 rings (SSSR count). The number of carbonyl (C=O) groups excluding carboxylic acids is 1. The van der Waals surface area contributed by atoms with Gasteiger partial charge in [0.15, 0.2) is 10.8 Å². The molecule has 1 saturated heterocycles. The second kappa shape index (κ2) is 9.85. The average Bonchev–Trinajstić information content (AvgIpc) is 3.49. The number of anilines is 2. The smallest absolute Gasteiger partial charge is 0.355 e. The number of nitrogens with one attached hydrogen (secondary N) is 1. The first-order valence-electron chi connectivity index (χ1n) is 12.0. The maximum atomic E-state index is 13.5. The van der Waals surface area contributed by atoms with Crippen LogP contribution in [-0.2, 0) is 0 Å². The molecule has 0 radical (unpaired) electrons. The van der Waals surface area contributed by atoms with Crippen LogP contribution in [0.4, 0.5) is 10.9 Å². The number of amides is 1. The predicted molar refractivity (Wildman–Crippen MR) is 133 cm³/mol. The number of aromatic nitrogens is 3. The lowest BCUT2D eigenvalue weighted by molar-refractivity contribution is 0.0507. The second-order valence-electron chi connectivity index (χ2n) is 10.2. The first-order valence-corrected chi connectivity index (χ1v) is 12.9. The first-order chi connectivity index (χ1) is 16.2. The van der Waals surface area contributed by atoms with Crippen molar-refractivity contribution >= 4 is 34.2 Å². The molecule has 2 fully saturated rings. The molecule has 3 heterocycles. The van der Waals surface area contributed by atoms with Gasteiger partial charge in [-0.3, -0.25) is 4.79 Å². The molecule has 2 aliphatic rings. The van der Waals surface area contributed by atoms with Crippen LogP contribution in [0.25, 0.3) is 0 Å². The van der Waals surface area contributed by atoms with E-state index in [1.807, 2.05) is 23.6 Å². The average molecular weight is 487 g/mol. The Labute approximate surface area is 204 Å². The summed E-state index contributed by atoms with van der Waals surface area (Å²) in [4.78, 5) is 42.2. The van der Waals surface area contributed by atoms with Crippen LogP contribution in [0.5, 0.6) is 0 Å². The maximum Gasteiger partial charge on any atom is 0.355 e. The summed E-state index contributed by atoms with van der Waals surface area (Å²) >= 11 is 1.31. The molecule has 2 N–H and O–H groups in total. The Hall–Kier alpha value is -2.75. The molecule has 0 aromatic carbocycles. The van der Waals surface area contributed by atoms with Crippen LogP contribution in [-0.4, -0.2) is 68.6 Å². The lowest BCUT2D eigenvalue weighted by Crippen LogP contribution is -2.61. The zero-order chi connectivity index (χ0) is 24.5. The molecular weight excluding hydrogens is 452 g/mol. The normalized spacial score (nSPS) is 18.5. The van der Waals surface area contributed by atoms with Gasteiger partial charge in [0, 0.05) is 31.6 Å². The number of nitrogens with zero attached hydrogens (tertiary/aromatic N) is 5. The Kier molecular flexibility index (Phi) is 7.06. The zero-order valence-corrected chi connectivity index (χ0v) is 21.2. The lowest BCUT2D eigenvalue weighted by Gasteiger charge is -2.47. The van der Waals surface area contributed by atoms with E-state index in [2.05, 4.69) is 29.1 Å². The minimum atomic E-state index is -1.03. The van der Waals surface area contributed by atoms with Crippen molar-refractivity contribution < 1.29 is 14.7 Å². The molecule has 1 aliphatic heterocycles. The molecule has 1 amide bonds. The van der Waals surface area contributed by atoms with Crippen molar-refractivity contribution in [1.29, 1.82) is 0 Å². The third-order valence-electron chi connectivity index (χ3n) is 6.73. The highest BCUT2D eigenvalue weighted by Crippen LogP contribution is 2.30. The van der Waals surface area contributed by atoms with Gasteiger partial charge in [-0.25, -0.2) is 19.7 Å². The van der Waals surface area contributed by atoms with Crippen LogP contribution in [0, 0.1) is 5.92 Å². The summed E-state index contributed by atoms with van der Waals surface area (Å²) in [5.74, 6) is 0.442. The van der Waals surface area contributed by atoms with Crippen molar-refractivity contribution in [3.63, 3.8) is 0 Å². The first kappa shape index (κ1) is 24.4. The third kappa shape index (κ3) is 5.16. The summed E-state index contributed by atoms with van der Waals surface area (Å²) in [5, 5.41) is 14.9. The van der Waals surface area contributed by atoms with E-state index in [1.54, 1.807) is 11.6 Å². The highest BCUT2D eigenvalue weighted by atomic mass is 32.1. The van der Waals surface area contributed by atoms with Gasteiger partial charge in [-0.05, 0) is 38.5 Å². The number of aromatic carboxylic acids is 1. The largest absolute Gasteiger partial charge is 0.476 e. The molecule has 1 aliphatic carbocycles. The molecule has 34 heavy (non-hydrogen) atoms. The van der Waals surface area contributed by atoms with E-state index < -0.39 is 11.5 Å². The predicted octanol–water partition coefficient (Wildman–Crippen LogP) is 4.10. The SMILES string of the molecule is CC(C)c1nc(C(=O)N2CCN(c3nc(C(=O)O)cs3)CC2(C)C)cnc1NCC1CCCC1. The van der Waals surface area contributed by atoms with Gasteiger partial charge in [0.1, 0.15) is 11.5 Å². The van der Waals surface area contributed by atoms with Crippen molar-refractivity contribution in [3.8, 4) is 0 Å². The lowest BCUT2D eigenvalue weighted by atomic mass is 9.98. The number of hydrogen-bond donors (Lipinski definition) is 2. The topological polar surface area (TPSA) is 112 Å². The summed E-state index contributed by atoms with van der Waals surface area (Å²) in [5.41, 5.74) is 0.751. The number of carboxylic acid groups (broad SMARTS) is 1. The Morgan fingerprint density at radius 2 is 1.94 bits per heavy atom. The fourth-order valence-electron chi connectivity index (χ4n) is 4.84. The van der Waals surface area contributed by atoms with Crippen LogP contribution in [0.1, 0.15) is 86.0 Å². The van der Waals surface area contributed by atoms with Crippen molar-refractivity contribution in [2.75, 3.05) is 36.4 Å². The summed E-state index contributed by atoms with van der Waals surface area (Å²) in [6.07, 6.45) is 6.71. The Bertz CT molecular complexity index is 1050. The Morgan fingerprint density at radius 3 is 2.56 bits per heavy atom. The summed E-state index contributed by atoms with van der Waals surface area (Å²) in [7, 11) is 0. The van der Waals surface area contributed by atoms with E-state index in [0.717, 1.165) is 18.1 Å². The van der Waals surface area contributed by atoms with Gasteiger partial charge < -0.3 is 20.2 Å². The molecule has 184 valence electrons. The van der Waals surface area contributed by atoms with E-state index in [9.17, 15) is 9.59 Å². The van der Waals surface area contributed by atoms with Crippen LogP contribution in [0.3, 0.4) is 0 Å². The van der Waals surface area contributed by atoms with Gasteiger partial charge in [0.05, 0.1) is 17.4 Å². The van der Waals surface area contributed by atoms with Gasteiger partial charge in [0.25, 0.3) is 5.91 Å². The van der Waals surface area contributed by atoms with Crippen LogP contribution in [0.15, 0.2) is 11.6 Å². The maximum absolute atomic E-state index is 13.5. The van der Waals surface area contributed by atoms with Crippen LogP contribution >= 0.6 is 11.3 Å². The van der Waals surface area contributed by atoms with Crippen LogP contribution < -0.4 is 10.2 Å². The number of carbonyl (C=O) groups is 2. The molecule has 0 spiro atoms. The molecule has 1 saturated carbocycles. The standard InChI is InChI=1S/C24H34N6O3S/c1-15(2)19-20(25-11-16-7-5-6-8-16)26-12-17(27-19)21(31)30-10-9-29(14-24(30,3)4)23-28-18(13-34-23)22(32)33/h12-13,15-16H,5-11,14H2,1-4H3,(H,25,26)(H,32,33). The van der Waals surface area contributed by atoms with Gasteiger partial charge >= 0.3 is 5.97 Å². The zero-order valence-electron chi connectivity index (χ0n) is 20.4. The number of piperazine rings is 1. The van der Waals surface area contributed by atoms with Crippen molar-refractivity contribution in [1.82, 2.24) is 19.9 Å². The molecule has 0 atom stereocenters. The fourth-order valence-corrected chi connectivity index (χ4v) is 5.67. The summed E-state index contributed by atoms with van der Waals surface area (Å²) in [6, 6.07) is 0. The van der Waals surface area contributed by atoms with Crippen LogP contribution in [0.2, 0.25) is 0 Å². The minimum Gasteiger partial charge on any atom is -0.476 e. The summed E-state index contributed by atoms with van der Waals surface area (Å²) < 4.78 is 0. The Morgan fingerprint density at radius 1 is 1.21 bits per heavy atom. The van der Waals surface area contributed by atoms with E-state index >= 15 is 0 Å². The highest BCUT2D eigenvalue weighted by Gasteiger charge is 2.39. The van der Waals surface area contributed by atoms with E-state index in [0.29, 0.717) is 36.4 Å². The van der Waals surface area contributed by atoms with Gasteiger partial charge in [-0.15, -0.1) is 11.3 Å². The molecule has 10 heteroatoms. The van der Waals surface area contributed by atoms with Crippen molar-refractivity contribution in [2.45, 2.75) is 64.8 Å². The fraction of sp³-hybridized carbons (Fsp3) is 0.625. The van der Waals surface area contributed by atoms with E-state index in [1.165, 1.54) is 37.0 Å². The monoisotopic (exact) mass is 486 g/mol. The molecule has 0 bridgehead atoms. The molecule has 2 aromatic rings. The van der Waals surface area contributed by atoms with E-state index in [4.69, 9.17) is 10.1 Å². The van der Waals surface area contributed by atoms with Gasteiger partial charge in [-0.2, -0.15) is 0 Å². The quantitative estimate of drug-likeness (QED) is 0.602. The summed E-state index contributed by atoms with van der Waals surface area (Å²) in [6.45, 7) is 10.7. The second-order valence-corrected chi connectivity index (χ2v) is 11.0. The Balaban J connectivity index is 1.48. The number of carboxylic acids is 1. The number of rotatable bonds is 7. The molecule has 9 nitrogen and oxygen atoms in total.